The Hall–Kier alpha value is -0.120. The largest absolute Gasteiger partial charge is 0.394 e. The van der Waals surface area contributed by atoms with E-state index in [1.165, 1.54) is 19.3 Å². The monoisotopic (exact) mass is 185 g/mol. The second kappa shape index (κ2) is 3.95. The van der Waals surface area contributed by atoms with Gasteiger partial charge in [0.25, 0.3) is 0 Å². The van der Waals surface area contributed by atoms with Gasteiger partial charge in [-0.15, -0.1) is 0 Å². The number of hydrogen-bond donors (Lipinski definition) is 2. The van der Waals surface area contributed by atoms with Crippen LogP contribution in [-0.4, -0.2) is 47.5 Å². The summed E-state index contributed by atoms with van der Waals surface area (Å²) in [7, 11) is 0. The van der Waals surface area contributed by atoms with E-state index in [1.807, 2.05) is 0 Å². The number of rotatable bonds is 3. The normalized spacial score (nSPS) is 36.5. The van der Waals surface area contributed by atoms with Gasteiger partial charge >= 0.3 is 0 Å². The molecule has 13 heavy (non-hydrogen) atoms. The number of hydrogen-bond acceptors (Lipinski definition) is 3. The van der Waals surface area contributed by atoms with E-state index in [-0.39, 0.29) is 6.61 Å². The number of aliphatic hydroxyl groups is 2. The zero-order valence-corrected chi connectivity index (χ0v) is 8.02. The maximum atomic E-state index is 9.29. The van der Waals surface area contributed by atoms with E-state index in [0.717, 1.165) is 24.9 Å². The Labute approximate surface area is 79.4 Å². The topological polar surface area (TPSA) is 43.7 Å². The summed E-state index contributed by atoms with van der Waals surface area (Å²) in [6, 6.07) is 0. The summed E-state index contributed by atoms with van der Waals surface area (Å²) in [4.78, 5) is 2.30. The summed E-state index contributed by atoms with van der Waals surface area (Å²) in [5.41, 5.74) is 0. The van der Waals surface area contributed by atoms with Crippen molar-refractivity contribution >= 4 is 0 Å². The second-order valence-corrected chi connectivity index (χ2v) is 4.51. The third kappa shape index (κ3) is 2.03. The molecule has 0 aromatic carbocycles. The van der Waals surface area contributed by atoms with Crippen LogP contribution in [0.5, 0.6) is 0 Å². The predicted molar refractivity (Wildman–Crippen MR) is 50.4 cm³/mol. The van der Waals surface area contributed by atoms with Crippen molar-refractivity contribution in [1.82, 2.24) is 4.90 Å². The zero-order valence-electron chi connectivity index (χ0n) is 8.02. The molecule has 1 aliphatic carbocycles. The molecule has 1 saturated carbocycles. The first kappa shape index (κ1) is 9.44. The first-order chi connectivity index (χ1) is 6.29. The minimum Gasteiger partial charge on any atom is -0.394 e. The Kier molecular flexibility index (Phi) is 2.86. The summed E-state index contributed by atoms with van der Waals surface area (Å²) < 4.78 is 0. The molecule has 3 unspecified atom stereocenters. The lowest BCUT2D eigenvalue weighted by Crippen LogP contribution is -2.33. The van der Waals surface area contributed by atoms with Crippen LogP contribution in [0.3, 0.4) is 0 Å². The summed E-state index contributed by atoms with van der Waals surface area (Å²) >= 11 is 0. The fourth-order valence-corrected chi connectivity index (χ4v) is 2.84. The Balaban J connectivity index is 1.78. The van der Waals surface area contributed by atoms with Crippen LogP contribution in [0.25, 0.3) is 0 Å². The van der Waals surface area contributed by atoms with E-state index in [1.54, 1.807) is 0 Å². The first-order valence-electron chi connectivity index (χ1n) is 5.31. The van der Waals surface area contributed by atoms with Gasteiger partial charge in [0.1, 0.15) is 0 Å². The molecule has 1 heterocycles. The summed E-state index contributed by atoms with van der Waals surface area (Å²) in [6.45, 7) is 2.83. The Morgan fingerprint density at radius 1 is 1.23 bits per heavy atom. The Morgan fingerprint density at radius 3 is 2.38 bits per heavy atom. The van der Waals surface area contributed by atoms with Crippen LogP contribution < -0.4 is 0 Å². The van der Waals surface area contributed by atoms with E-state index in [0.29, 0.717) is 6.54 Å². The minimum atomic E-state index is -0.543. The van der Waals surface area contributed by atoms with E-state index in [9.17, 15) is 5.11 Å². The van der Waals surface area contributed by atoms with Crippen LogP contribution in [0.2, 0.25) is 0 Å². The molecule has 1 saturated heterocycles. The second-order valence-electron chi connectivity index (χ2n) is 4.51. The first-order valence-corrected chi connectivity index (χ1v) is 5.31. The van der Waals surface area contributed by atoms with Crippen molar-refractivity contribution in [2.24, 2.45) is 11.8 Å². The summed E-state index contributed by atoms with van der Waals surface area (Å²) in [6.07, 6.45) is 3.59. The zero-order chi connectivity index (χ0) is 9.26. The van der Waals surface area contributed by atoms with Crippen molar-refractivity contribution in [3.63, 3.8) is 0 Å². The summed E-state index contributed by atoms with van der Waals surface area (Å²) in [5.74, 6) is 1.76. The molecule has 3 heteroatoms. The van der Waals surface area contributed by atoms with Gasteiger partial charge in [-0.3, -0.25) is 0 Å². The van der Waals surface area contributed by atoms with E-state index in [4.69, 9.17) is 5.11 Å². The lowest BCUT2D eigenvalue weighted by molar-refractivity contribution is 0.0639. The lowest BCUT2D eigenvalue weighted by atomic mass is 10.0. The van der Waals surface area contributed by atoms with Crippen LogP contribution >= 0.6 is 0 Å². The van der Waals surface area contributed by atoms with Gasteiger partial charge in [0, 0.05) is 19.6 Å². The van der Waals surface area contributed by atoms with Crippen LogP contribution in [-0.2, 0) is 0 Å². The van der Waals surface area contributed by atoms with Crippen molar-refractivity contribution in [2.75, 3.05) is 26.2 Å². The minimum absolute atomic E-state index is 0.105. The number of fused-ring (bicyclic) bond motifs is 1. The smallest absolute Gasteiger partial charge is 0.0897 e. The van der Waals surface area contributed by atoms with E-state index >= 15 is 0 Å². The molecule has 2 N–H and O–H groups in total. The third-order valence-corrected chi connectivity index (χ3v) is 3.48. The van der Waals surface area contributed by atoms with Crippen molar-refractivity contribution in [1.29, 1.82) is 0 Å². The van der Waals surface area contributed by atoms with Crippen molar-refractivity contribution in [3.05, 3.63) is 0 Å². The van der Waals surface area contributed by atoms with Crippen LogP contribution in [0.1, 0.15) is 19.3 Å². The highest BCUT2D eigenvalue weighted by atomic mass is 16.3. The molecule has 76 valence electrons. The quantitative estimate of drug-likeness (QED) is 0.654. The molecule has 0 spiro atoms. The maximum absolute atomic E-state index is 9.29. The van der Waals surface area contributed by atoms with Gasteiger partial charge in [0.15, 0.2) is 0 Å². The SMILES string of the molecule is OCC(O)CN1CC2CCCC2C1. The van der Waals surface area contributed by atoms with Crippen LogP contribution in [0.15, 0.2) is 0 Å². The average molecular weight is 185 g/mol. The summed E-state index contributed by atoms with van der Waals surface area (Å²) in [5, 5.41) is 18.0. The standard InChI is InChI=1S/C10H19NO2/c12-7-10(13)6-11-4-8-2-1-3-9(8)5-11/h8-10,12-13H,1-7H2. The number of nitrogens with zero attached hydrogens (tertiary/aromatic N) is 1. The molecule has 2 rings (SSSR count). The van der Waals surface area contributed by atoms with Gasteiger partial charge in [-0.1, -0.05) is 6.42 Å². The van der Waals surface area contributed by atoms with Crippen LogP contribution in [0.4, 0.5) is 0 Å². The fraction of sp³-hybridized carbons (Fsp3) is 1.00. The molecule has 0 aromatic rings. The highest BCUT2D eigenvalue weighted by Gasteiger charge is 2.36. The van der Waals surface area contributed by atoms with Gasteiger partial charge in [0.2, 0.25) is 0 Å². The number of β-amino-alcohol motifs (C(OH)–C–C–N with tert-alkyl or cyclic N) is 1. The van der Waals surface area contributed by atoms with Gasteiger partial charge < -0.3 is 15.1 Å². The van der Waals surface area contributed by atoms with Gasteiger partial charge in [-0.05, 0) is 24.7 Å². The van der Waals surface area contributed by atoms with Gasteiger partial charge in [0.05, 0.1) is 12.7 Å². The Bertz CT molecular complexity index is 160. The van der Waals surface area contributed by atoms with Crippen molar-refractivity contribution in [3.8, 4) is 0 Å². The van der Waals surface area contributed by atoms with Crippen molar-refractivity contribution in [2.45, 2.75) is 25.4 Å². The average Bonchev–Trinajstić information content (AvgIpc) is 2.63. The maximum Gasteiger partial charge on any atom is 0.0897 e. The molecule has 1 aliphatic heterocycles. The lowest BCUT2D eigenvalue weighted by Gasteiger charge is -2.19. The molecule has 0 bridgehead atoms. The van der Waals surface area contributed by atoms with Gasteiger partial charge in [-0.25, -0.2) is 0 Å². The van der Waals surface area contributed by atoms with Gasteiger partial charge in [-0.2, -0.15) is 0 Å². The molecule has 0 radical (unpaired) electrons. The third-order valence-electron chi connectivity index (χ3n) is 3.48. The molecule has 2 aliphatic rings. The van der Waals surface area contributed by atoms with E-state index < -0.39 is 6.10 Å². The predicted octanol–water partition coefficient (Wildman–Crippen LogP) is 0.0715. The Morgan fingerprint density at radius 2 is 1.85 bits per heavy atom. The number of likely N-dealkylation sites (tertiary alicyclic amines) is 1. The van der Waals surface area contributed by atoms with E-state index in [2.05, 4.69) is 4.90 Å². The number of aliphatic hydroxyl groups excluding tert-OH is 2. The van der Waals surface area contributed by atoms with Crippen LogP contribution in [0, 0.1) is 11.8 Å². The molecule has 0 amide bonds. The molecule has 3 nitrogen and oxygen atoms in total. The molecular formula is C10H19NO2. The molecular weight excluding hydrogens is 166 g/mol. The highest BCUT2D eigenvalue weighted by molar-refractivity contribution is 4.88. The molecule has 0 aromatic heterocycles. The van der Waals surface area contributed by atoms with Crippen molar-refractivity contribution < 1.29 is 10.2 Å². The highest BCUT2D eigenvalue weighted by Crippen LogP contribution is 2.37. The molecule has 3 atom stereocenters. The fourth-order valence-electron chi connectivity index (χ4n) is 2.84. The molecule has 2 fully saturated rings.